The fourth-order valence-corrected chi connectivity index (χ4v) is 3.05. The maximum Gasteiger partial charge on any atom is 0.0495 e. The molecule has 3 heteroatoms. The van der Waals surface area contributed by atoms with Gasteiger partial charge >= 0.3 is 0 Å². The van der Waals surface area contributed by atoms with Gasteiger partial charge in [0.2, 0.25) is 0 Å². The number of nitrogens with zero attached hydrogens (tertiary/aromatic N) is 1. The third-order valence-corrected chi connectivity index (χ3v) is 3.87. The summed E-state index contributed by atoms with van der Waals surface area (Å²) in [6.45, 7) is 1.12. The number of aromatic nitrogens is 1. The SMILES string of the molecule is C1=C2SCCNC2Cc2ncccc21. The molecule has 1 N–H and O–H groups in total. The predicted molar refractivity (Wildman–Crippen MR) is 60.2 cm³/mol. The molecule has 2 aliphatic rings. The van der Waals surface area contributed by atoms with Gasteiger partial charge < -0.3 is 5.32 Å². The van der Waals surface area contributed by atoms with Crippen LogP contribution in [0.4, 0.5) is 0 Å². The number of rotatable bonds is 0. The summed E-state index contributed by atoms with van der Waals surface area (Å²) in [5, 5.41) is 3.53. The van der Waals surface area contributed by atoms with Crippen LogP contribution in [0.2, 0.25) is 0 Å². The maximum atomic E-state index is 4.42. The first-order chi connectivity index (χ1) is 6.93. The lowest BCUT2D eigenvalue weighted by molar-refractivity contribution is 0.588. The Morgan fingerprint density at radius 2 is 2.50 bits per heavy atom. The quantitative estimate of drug-likeness (QED) is 0.696. The molecule has 0 bridgehead atoms. The molecule has 3 rings (SSSR count). The van der Waals surface area contributed by atoms with Crippen molar-refractivity contribution in [2.45, 2.75) is 12.5 Å². The van der Waals surface area contributed by atoms with E-state index in [0.29, 0.717) is 6.04 Å². The van der Waals surface area contributed by atoms with Crippen LogP contribution in [0.15, 0.2) is 23.2 Å². The van der Waals surface area contributed by atoms with Gasteiger partial charge in [-0.2, -0.15) is 0 Å². The molecule has 1 saturated heterocycles. The molecule has 0 radical (unpaired) electrons. The lowest BCUT2D eigenvalue weighted by Crippen LogP contribution is -2.39. The third-order valence-electron chi connectivity index (χ3n) is 2.73. The monoisotopic (exact) mass is 204 g/mol. The highest BCUT2D eigenvalue weighted by Crippen LogP contribution is 2.32. The number of hydrogen-bond acceptors (Lipinski definition) is 3. The van der Waals surface area contributed by atoms with E-state index in [4.69, 9.17) is 0 Å². The zero-order valence-electron chi connectivity index (χ0n) is 7.86. The molecule has 2 nitrogen and oxygen atoms in total. The summed E-state index contributed by atoms with van der Waals surface area (Å²) in [5.74, 6) is 1.19. The fraction of sp³-hybridized carbons (Fsp3) is 0.364. The molecule has 0 aromatic carbocycles. The van der Waals surface area contributed by atoms with Gasteiger partial charge in [-0.3, -0.25) is 4.98 Å². The van der Waals surface area contributed by atoms with Crippen LogP contribution >= 0.6 is 11.8 Å². The molecule has 72 valence electrons. The van der Waals surface area contributed by atoms with E-state index >= 15 is 0 Å². The minimum absolute atomic E-state index is 0.524. The minimum atomic E-state index is 0.524. The van der Waals surface area contributed by atoms with Gasteiger partial charge in [0.15, 0.2) is 0 Å². The van der Waals surface area contributed by atoms with Crippen LogP contribution in [0.1, 0.15) is 11.3 Å². The molecule has 0 spiro atoms. The molecule has 1 aliphatic carbocycles. The van der Waals surface area contributed by atoms with Gasteiger partial charge in [-0.05, 0) is 17.7 Å². The lowest BCUT2D eigenvalue weighted by Gasteiger charge is -2.29. The highest BCUT2D eigenvalue weighted by molar-refractivity contribution is 8.03. The van der Waals surface area contributed by atoms with Crippen LogP contribution in [0.5, 0.6) is 0 Å². The minimum Gasteiger partial charge on any atom is -0.308 e. The van der Waals surface area contributed by atoms with Crippen molar-refractivity contribution in [1.82, 2.24) is 10.3 Å². The summed E-state index contributed by atoms with van der Waals surface area (Å²) in [7, 11) is 0. The Bertz CT molecular complexity index is 387. The first-order valence-corrected chi connectivity index (χ1v) is 5.94. The van der Waals surface area contributed by atoms with Gasteiger partial charge in [0.1, 0.15) is 0 Å². The average molecular weight is 204 g/mol. The van der Waals surface area contributed by atoms with E-state index in [2.05, 4.69) is 22.4 Å². The van der Waals surface area contributed by atoms with Gasteiger partial charge in [0, 0.05) is 41.6 Å². The van der Waals surface area contributed by atoms with Gasteiger partial charge in [0.25, 0.3) is 0 Å². The predicted octanol–water partition coefficient (Wildman–Crippen LogP) is 1.68. The van der Waals surface area contributed by atoms with E-state index in [0.717, 1.165) is 13.0 Å². The first kappa shape index (κ1) is 8.50. The van der Waals surface area contributed by atoms with Crippen molar-refractivity contribution in [2.75, 3.05) is 12.3 Å². The first-order valence-electron chi connectivity index (χ1n) is 4.95. The topological polar surface area (TPSA) is 24.9 Å². The number of nitrogens with one attached hydrogen (secondary N) is 1. The molecular weight excluding hydrogens is 192 g/mol. The molecule has 0 saturated carbocycles. The smallest absolute Gasteiger partial charge is 0.0495 e. The van der Waals surface area contributed by atoms with Crippen LogP contribution in [0.25, 0.3) is 6.08 Å². The lowest BCUT2D eigenvalue weighted by atomic mass is 9.98. The van der Waals surface area contributed by atoms with E-state index in [-0.39, 0.29) is 0 Å². The molecular formula is C11H12N2S. The van der Waals surface area contributed by atoms with Crippen molar-refractivity contribution >= 4 is 17.8 Å². The molecule has 1 unspecified atom stereocenters. The molecule has 1 aromatic rings. The van der Waals surface area contributed by atoms with Crippen LogP contribution in [0, 0.1) is 0 Å². The molecule has 0 amide bonds. The van der Waals surface area contributed by atoms with E-state index in [1.807, 2.05) is 24.0 Å². The molecule has 2 heterocycles. The summed E-state index contributed by atoms with van der Waals surface area (Å²) >= 11 is 1.98. The molecule has 1 aromatic heterocycles. The average Bonchev–Trinajstić information content (AvgIpc) is 2.26. The maximum absolute atomic E-state index is 4.42. The summed E-state index contributed by atoms with van der Waals surface area (Å²) < 4.78 is 0. The van der Waals surface area contributed by atoms with Crippen LogP contribution in [-0.4, -0.2) is 23.3 Å². The second-order valence-electron chi connectivity index (χ2n) is 3.65. The van der Waals surface area contributed by atoms with Gasteiger partial charge in [-0.25, -0.2) is 0 Å². The molecule has 1 aliphatic heterocycles. The van der Waals surface area contributed by atoms with Crippen LogP contribution in [0.3, 0.4) is 0 Å². The Kier molecular flexibility index (Phi) is 2.07. The third kappa shape index (κ3) is 1.37. The molecule has 1 fully saturated rings. The van der Waals surface area contributed by atoms with Crippen molar-refractivity contribution in [3.05, 3.63) is 34.5 Å². The standard InChI is InChI=1S/C11H12N2S/c1-2-8-6-11-10(13-4-5-14-11)7-9(8)12-3-1/h1-3,6,10,13H,4-5,7H2. The van der Waals surface area contributed by atoms with E-state index < -0.39 is 0 Å². The van der Waals surface area contributed by atoms with Crippen LogP contribution in [-0.2, 0) is 6.42 Å². The number of pyridine rings is 1. The number of thioether (sulfide) groups is 1. The Hall–Kier alpha value is -0.800. The summed E-state index contributed by atoms with van der Waals surface area (Å²) in [4.78, 5) is 5.90. The second kappa shape index (κ2) is 3.41. The Labute approximate surface area is 87.8 Å². The second-order valence-corrected chi connectivity index (χ2v) is 4.81. The fourth-order valence-electron chi connectivity index (χ4n) is 2.02. The summed E-state index contributed by atoms with van der Waals surface area (Å²) in [5.41, 5.74) is 2.53. The molecule has 14 heavy (non-hydrogen) atoms. The van der Waals surface area contributed by atoms with Crippen molar-refractivity contribution in [3.63, 3.8) is 0 Å². The zero-order valence-corrected chi connectivity index (χ0v) is 8.68. The van der Waals surface area contributed by atoms with E-state index in [9.17, 15) is 0 Å². The van der Waals surface area contributed by atoms with E-state index in [1.54, 1.807) is 0 Å². The summed E-state index contributed by atoms with van der Waals surface area (Å²) in [6, 6.07) is 4.69. The number of fused-ring (bicyclic) bond motifs is 2. The van der Waals surface area contributed by atoms with Crippen LogP contribution < -0.4 is 5.32 Å². The Morgan fingerprint density at radius 3 is 3.50 bits per heavy atom. The van der Waals surface area contributed by atoms with Gasteiger partial charge in [-0.15, -0.1) is 11.8 Å². The van der Waals surface area contributed by atoms with Crippen molar-refractivity contribution in [1.29, 1.82) is 0 Å². The van der Waals surface area contributed by atoms with Crippen molar-refractivity contribution in [2.24, 2.45) is 0 Å². The normalized spacial score (nSPS) is 24.9. The Balaban J connectivity index is 2.03. The van der Waals surface area contributed by atoms with Crippen molar-refractivity contribution in [3.8, 4) is 0 Å². The highest BCUT2D eigenvalue weighted by Gasteiger charge is 2.24. The largest absolute Gasteiger partial charge is 0.308 e. The van der Waals surface area contributed by atoms with Gasteiger partial charge in [-0.1, -0.05) is 6.07 Å². The zero-order chi connectivity index (χ0) is 9.38. The van der Waals surface area contributed by atoms with Crippen molar-refractivity contribution < 1.29 is 0 Å². The summed E-state index contributed by atoms with van der Waals surface area (Å²) in [6.07, 6.45) is 5.22. The van der Waals surface area contributed by atoms with E-state index in [1.165, 1.54) is 21.9 Å². The number of hydrogen-bond donors (Lipinski definition) is 1. The molecule has 1 atom stereocenters. The highest BCUT2D eigenvalue weighted by atomic mass is 32.2. The Morgan fingerprint density at radius 1 is 1.50 bits per heavy atom. The van der Waals surface area contributed by atoms with Gasteiger partial charge in [0.05, 0.1) is 0 Å².